The number of halogens is 1. The standard InChI is InChI=1S/C16H22FN3O4/c1-2-3-4-8-24-14-7-5-6-13(18-14)19-15(21)12-9-11(17)10-20(12)16(22)23/h5-7,11-12H,2-4,8-10H2,1H3,(H,22,23)(H,18,19,21)/t11-,12+/m1/s1. The molecular formula is C16H22FN3O4. The van der Waals surface area contributed by atoms with Crippen LogP contribution in [-0.2, 0) is 4.79 Å². The van der Waals surface area contributed by atoms with E-state index >= 15 is 0 Å². The van der Waals surface area contributed by atoms with Crippen LogP contribution in [0.25, 0.3) is 0 Å². The van der Waals surface area contributed by atoms with Crippen LogP contribution in [0.5, 0.6) is 5.88 Å². The van der Waals surface area contributed by atoms with Crippen molar-refractivity contribution in [3.63, 3.8) is 0 Å². The number of amides is 2. The fourth-order valence-electron chi connectivity index (χ4n) is 2.55. The van der Waals surface area contributed by atoms with Gasteiger partial charge in [-0.3, -0.25) is 9.69 Å². The number of hydrogen-bond donors (Lipinski definition) is 2. The predicted octanol–water partition coefficient (Wildman–Crippen LogP) is 2.68. The van der Waals surface area contributed by atoms with Crippen molar-refractivity contribution in [1.29, 1.82) is 0 Å². The molecule has 0 bridgehead atoms. The number of alkyl halides is 1. The molecule has 0 saturated carbocycles. The Kier molecular flexibility index (Phi) is 6.34. The van der Waals surface area contributed by atoms with Gasteiger partial charge in [-0.1, -0.05) is 25.8 Å². The molecule has 0 aliphatic carbocycles. The van der Waals surface area contributed by atoms with E-state index in [2.05, 4.69) is 17.2 Å². The maximum Gasteiger partial charge on any atom is 0.408 e. The molecule has 132 valence electrons. The van der Waals surface area contributed by atoms with Crippen molar-refractivity contribution >= 4 is 17.8 Å². The Morgan fingerprint density at radius 2 is 2.25 bits per heavy atom. The lowest BCUT2D eigenvalue weighted by atomic mass is 10.2. The Hall–Kier alpha value is -2.38. The van der Waals surface area contributed by atoms with Crippen molar-refractivity contribution in [2.24, 2.45) is 0 Å². The number of anilines is 1. The topological polar surface area (TPSA) is 91.8 Å². The third kappa shape index (κ3) is 4.81. The first-order chi connectivity index (χ1) is 11.5. The number of ether oxygens (including phenoxy) is 1. The Morgan fingerprint density at radius 3 is 2.96 bits per heavy atom. The van der Waals surface area contributed by atoms with E-state index in [1.165, 1.54) is 0 Å². The van der Waals surface area contributed by atoms with Gasteiger partial charge in [0, 0.05) is 12.5 Å². The van der Waals surface area contributed by atoms with Crippen LogP contribution in [0, 0.1) is 0 Å². The van der Waals surface area contributed by atoms with Crippen LogP contribution in [0.2, 0.25) is 0 Å². The number of rotatable bonds is 7. The molecule has 1 aliphatic heterocycles. The lowest BCUT2D eigenvalue weighted by Gasteiger charge is -2.20. The summed E-state index contributed by atoms with van der Waals surface area (Å²) in [5.41, 5.74) is 0. The highest BCUT2D eigenvalue weighted by Crippen LogP contribution is 2.22. The van der Waals surface area contributed by atoms with E-state index in [-0.39, 0.29) is 18.8 Å². The molecular weight excluding hydrogens is 317 g/mol. The van der Waals surface area contributed by atoms with Gasteiger partial charge in [-0.05, 0) is 12.5 Å². The van der Waals surface area contributed by atoms with Gasteiger partial charge in [-0.2, -0.15) is 4.98 Å². The second-order valence-electron chi connectivity index (χ2n) is 5.69. The van der Waals surface area contributed by atoms with Gasteiger partial charge >= 0.3 is 6.09 Å². The van der Waals surface area contributed by atoms with E-state index in [0.717, 1.165) is 24.2 Å². The van der Waals surface area contributed by atoms with Crippen molar-refractivity contribution in [2.75, 3.05) is 18.5 Å². The lowest BCUT2D eigenvalue weighted by Crippen LogP contribution is -2.42. The van der Waals surface area contributed by atoms with Gasteiger partial charge in [0.05, 0.1) is 13.2 Å². The molecule has 1 aliphatic rings. The molecule has 1 fully saturated rings. The van der Waals surface area contributed by atoms with E-state index in [1.54, 1.807) is 18.2 Å². The monoisotopic (exact) mass is 339 g/mol. The maximum absolute atomic E-state index is 13.4. The molecule has 2 N–H and O–H groups in total. The van der Waals surface area contributed by atoms with Crippen molar-refractivity contribution < 1.29 is 23.8 Å². The van der Waals surface area contributed by atoms with Gasteiger partial charge in [-0.25, -0.2) is 9.18 Å². The molecule has 2 atom stereocenters. The molecule has 8 heteroatoms. The number of hydrogen-bond acceptors (Lipinski definition) is 4. The first-order valence-electron chi connectivity index (χ1n) is 8.05. The second-order valence-corrected chi connectivity index (χ2v) is 5.69. The van der Waals surface area contributed by atoms with Crippen LogP contribution in [0.4, 0.5) is 15.0 Å². The summed E-state index contributed by atoms with van der Waals surface area (Å²) in [7, 11) is 0. The molecule has 1 aromatic rings. The summed E-state index contributed by atoms with van der Waals surface area (Å²) in [6.07, 6.45) is 0.278. The van der Waals surface area contributed by atoms with Crippen molar-refractivity contribution in [3.8, 4) is 5.88 Å². The number of unbranched alkanes of at least 4 members (excludes halogenated alkanes) is 2. The van der Waals surface area contributed by atoms with Crippen LogP contribution < -0.4 is 10.1 Å². The fourth-order valence-corrected chi connectivity index (χ4v) is 2.55. The summed E-state index contributed by atoms with van der Waals surface area (Å²) in [6, 6.07) is 3.88. The van der Waals surface area contributed by atoms with E-state index in [0.29, 0.717) is 12.5 Å². The zero-order valence-electron chi connectivity index (χ0n) is 13.6. The smallest absolute Gasteiger partial charge is 0.408 e. The third-order valence-corrected chi connectivity index (χ3v) is 3.77. The average Bonchev–Trinajstić information content (AvgIpc) is 2.94. The van der Waals surface area contributed by atoms with Crippen LogP contribution in [0.1, 0.15) is 32.6 Å². The summed E-state index contributed by atoms with van der Waals surface area (Å²) in [5.74, 6) is 0.0441. The number of aromatic nitrogens is 1. The Bertz CT molecular complexity index is 584. The van der Waals surface area contributed by atoms with Gasteiger partial charge in [0.1, 0.15) is 18.0 Å². The summed E-state index contributed by atoms with van der Waals surface area (Å²) in [5, 5.41) is 11.6. The number of likely N-dealkylation sites (tertiary alicyclic amines) is 1. The van der Waals surface area contributed by atoms with Crippen LogP contribution >= 0.6 is 0 Å². The molecule has 0 spiro atoms. The van der Waals surface area contributed by atoms with Gasteiger partial charge in [0.2, 0.25) is 11.8 Å². The SMILES string of the molecule is CCCCCOc1cccc(NC(=O)[C@@H]2C[C@@H](F)CN2C(=O)O)n1. The Labute approximate surface area is 139 Å². The number of carbonyl (C=O) groups excluding carboxylic acids is 1. The van der Waals surface area contributed by atoms with Crippen molar-refractivity contribution in [3.05, 3.63) is 18.2 Å². The van der Waals surface area contributed by atoms with Crippen molar-refractivity contribution in [1.82, 2.24) is 9.88 Å². The minimum Gasteiger partial charge on any atom is -0.478 e. The molecule has 0 aromatic carbocycles. The summed E-state index contributed by atoms with van der Waals surface area (Å²) in [4.78, 5) is 28.3. The van der Waals surface area contributed by atoms with Gasteiger partial charge in [0.25, 0.3) is 0 Å². The first kappa shape index (κ1) is 18.0. The molecule has 2 amide bonds. The van der Waals surface area contributed by atoms with Crippen molar-refractivity contribution in [2.45, 2.75) is 44.8 Å². The number of carbonyl (C=O) groups is 2. The summed E-state index contributed by atoms with van der Waals surface area (Å²) < 4.78 is 18.9. The van der Waals surface area contributed by atoms with E-state index in [4.69, 9.17) is 9.84 Å². The molecule has 1 aromatic heterocycles. The average molecular weight is 339 g/mol. The zero-order chi connectivity index (χ0) is 17.5. The number of nitrogens with one attached hydrogen (secondary N) is 1. The van der Waals surface area contributed by atoms with Gasteiger partial charge < -0.3 is 15.2 Å². The maximum atomic E-state index is 13.4. The number of nitrogens with zero attached hydrogens (tertiary/aromatic N) is 2. The summed E-state index contributed by atoms with van der Waals surface area (Å²) in [6.45, 7) is 2.35. The Morgan fingerprint density at radius 1 is 1.46 bits per heavy atom. The lowest BCUT2D eigenvalue weighted by molar-refractivity contribution is -0.120. The third-order valence-electron chi connectivity index (χ3n) is 3.77. The fraction of sp³-hybridized carbons (Fsp3) is 0.562. The minimum absolute atomic E-state index is 0.147. The highest BCUT2D eigenvalue weighted by atomic mass is 19.1. The largest absolute Gasteiger partial charge is 0.478 e. The van der Waals surface area contributed by atoms with E-state index in [9.17, 15) is 14.0 Å². The predicted molar refractivity (Wildman–Crippen MR) is 85.9 cm³/mol. The zero-order valence-corrected chi connectivity index (χ0v) is 13.6. The van der Waals surface area contributed by atoms with Crippen LogP contribution in [0.3, 0.4) is 0 Å². The molecule has 2 heterocycles. The highest BCUT2D eigenvalue weighted by Gasteiger charge is 2.40. The quantitative estimate of drug-likeness (QED) is 0.745. The van der Waals surface area contributed by atoms with Crippen LogP contribution in [0.15, 0.2) is 18.2 Å². The number of pyridine rings is 1. The van der Waals surface area contributed by atoms with E-state index < -0.39 is 24.2 Å². The van der Waals surface area contributed by atoms with Gasteiger partial charge in [0.15, 0.2) is 0 Å². The first-order valence-corrected chi connectivity index (χ1v) is 8.05. The summed E-state index contributed by atoms with van der Waals surface area (Å²) >= 11 is 0. The minimum atomic E-state index is -1.34. The molecule has 7 nitrogen and oxygen atoms in total. The Balaban J connectivity index is 1.95. The van der Waals surface area contributed by atoms with E-state index in [1.807, 2.05) is 0 Å². The molecule has 2 rings (SSSR count). The highest BCUT2D eigenvalue weighted by molar-refractivity contribution is 5.96. The number of carboxylic acid groups (broad SMARTS) is 1. The molecule has 0 radical (unpaired) electrons. The second kappa shape index (κ2) is 8.47. The molecule has 0 unspecified atom stereocenters. The molecule has 1 saturated heterocycles. The van der Waals surface area contributed by atoms with Gasteiger partial charge in [-0.15, -0.1) is 0 Å². The normalized spacial score (nSPS) is 20.0. The molecule has 24 heavy (non-hydrogen) atoms. The van der Waals surface area contributed by atoms with Crippen LogP contribution in [-0.4, -0.2) is 52.4 Å².